The van der Waals surface area contributed by atoms with Gasteiger partial charge in [-0.3, -0.25) is 29.0 Å². The predicted molar refractivity (Wildman–Crippen MR) is 143 cm³/mol. The summed E-state index contributed by atoms with van der Waals surface area (Å²) in [7, 11) is 3.11. The highest BCUT2D eigenvalue weighted by molar-refractivity contribution is 6.50. The van der Waals surface area contributed by atoms with Crippen molar-refractivity contribution < 1.29 is 38.6 Å². The minimum atomic E-state index is -1.05. The van der Waals surface area contributed by atoms with E-state index in [1.807, 2.05) is 4.90 Å². The number of nitriles is 1. The molecule has 5 unspecified atom stereocenters. The smallest absolute Gasteiger partial charge is 0.333 e. The Kier molecular flexibility index (Phi) is 6.96. The predicted octanol–water partition coefficient (Wildman–Crippen LogP) is 1.57. The molecule has 0 spiro atoms. The van der Waals surface area contributed by atoms with Gasteiger partial charge in [-0.25, -0.2) is 4.79 Å². The molecule has 0 aromatic carbocycles. The summed E-state index contributed by atoms with van der Waals surface area (Å²) < 4.78 is 10.9. The molecule has 1 saturated heterocycles. The molecule has 1 fully saturated rings. The Labute approximate surface area is 237 Å². The molecule has 0 amide bonds. The van der Waals surface area contributed by atoms with E-state index >= 15 is 0 Å². The molecule has 5 rings (SSSR count). The third kappa shape index (κ3) is 3.89. The number of piperazine rings is 1. The van der Waals surface area contributed by atoms with E-state index in [1.54, 1.807) is 31.9 Å². The number of ether oxygens (including phenoxy) is 2. The van der Waals surface area contributed by atoms with E-state index < -0.39 is 53.5 Å². The van der Waals surface area contributed by atoms with Crippen LogP contribution < -0.4 is 0 Å². The minimum absolute atomic E-state index is 0.0129. The molecule has 0 saturated carbocycles. The van der Waals surface area contributed by atoms with Crippen molar-refractivity contribution in [1.29, 1.82) is 5.26 Å². The molecule has 41 heavy (non-hydrogen) atoms. The summed E-state index contributed by atoms with van der Waals surface area (Å²) in [6.45, 7) is 5.78. The first kappa shape index (κ1) is 28.4. The summed E-state index contributed by atoms with van der Waals surface area (Å²) in [6.07, 6.45) is 1.69. The SMILES string of the molecule is CC=C(C)C(=O)OCC1C2=C(CC3C4C5=C(CC(C(C#N)N13)N4C)C(=O)C(C)=C(OC)C5=O)C(O)=C(C)C(=O)C2=O. The normalized spacial score (nSPS) is 30.8. The topological polar surface area (TPSA) is 154 Å². The van der Waals surface area contributed by atoms with Crippen LogP contribution in [0.5, 0.6) is 0 Å². The van der Waals surface area contributed by atoms with E-state index in [4.69, 9.17) is 9.47 Å². The second kappa shape index (κ2) is 10.0. The number of ketones is 4. The zero-order chi connectivity index (χ0) is 30.1. The van der Waals surface area contributed by atoms with Crippen molar-refractivity contribution in [2.24, 2.45) is 0 Å². The fourth-order valence-corrected chi connectivity index (χ4v) is 6.93. The van der Waals surface area contributed by atoms with Crippen molar-refractivity contribution in [3.05, 3.63) is 56.6 Å². The number of rotatable bonds is 4. The molecule has 3 aliphatic heterocycles. The lowest BCUT2D eigenvalue weighted by Gasteiger charge is -2.60. The highest BCUT2D eigenvalue weighted by Gasteiger charge is 2.59. The van der Waals surface area contributed by atoms with Crippen LogP contribution in [0.1, 0.15) is 40.5 Å². The van der Waals surface area contributed by atoms with Crippen molar-refractivity contribution in [3.8, 4) is 6.07 Å². The van der Waals surface area contributed by atoms with Gasteiger partial charge in [-0.2, -0.15) is 5.26 Å². The number of aliphatic hydroxyl groups is 1. The van der Waals surface area contributed by atoms with Gasteiger partial charge < -0.3 is 14.6 Å². The first-order chi connectivity index (χ1) is 19.4. The minimum Gasteiger partial charge on any atom is -0.507 e. The second-order valence-corrected chi connectivity index (χ2v) is 11.0. The van der Waals surface area contributed by atoms with Crippen molar-refractivity contribution in [3.63, 3.8) is 0 Å². The summed E-state index contributed by atoms with van der Waals surface area (Å²) in [5, 5.41) is 21.6. The van der Waals surface area contributed by atoms with Crippen LogP contribution >= 0.6 is 0 Å². The number of carbonyl (C=O) groups is 5. The largest absolute Gasteiger partial charge is 0.507 e. The number of hydrogen-bond acceptors (Lipinski definition) is 11. The molecule has 0 radical (unpaired) electrons. The summed E-state index contributed by atoms with van der Waals surface area (Å²) >= 11 is 0. The van der Waals surface area contributed by atoms with E-state index in [0.717, 1.165) is 0 Å². The Hall–Kier alpha value is -4.14. The zero-order valence-electron chi connectivity index (χ0n) is 23.7. The lowest BCUT2D eigenvalue weighted by atomic mass is 9.67. The number of nitrogens with zero attached hydrogens (tertiary/aromatic N) is 3. The van der Waals surface area contributed by atoms with Crippen molar-refractivity contribution >= 4 is 29.1 Å². The molecular formula is C30H31N3O8. The molecule has 3 heterocycles. The average Bonchev–Trinajstić information content (AvgIpc) is 2.96. The number of carbonyl (C=O) groups excluding carboxylic acids is 5. The van der Waals surface area contributed by atoms with Gasteiger partial charge in [0.05, 0.1) is 25.3 Å². The highest BCUT2D eigenvalue weighted by atomic mass is 16.5. The van der Waals surface area contributed by atoms with Crippen LogP contribution in [0, 0.1) is 11.3 Å². The second-order valence-electron chi connectivity index (χ2n) is 11.0. The maximum atomic E-state index is 13.8. The lowest BCUT2D eigenvalue weighted by Crippen LogP contribution is -2.74. The number of allylic oxidation sites excluding steroid dienone is 5. The molecule has 0 aromatic heterocycles. The van der Waals surface area contributed by atoms with Gasteiger partial charge in [0.1, 0.15) is 18.4 Å². The molecular weight excluding hydrogens is 530 g/mol. The van der Waals surface area contributed by atoms with Crippen LogP contribution in [0.2, 0.25) is 0 Å². The Balaban J connectivity index is 1.71. The maximum Gasteiger partial charge on any atom is 0.333 e. The van der Waals surface area contributed by atoms with E-state index in [1.165, 1.54) is 21.0 Å². The molecule has 214 valence electrons. The Bertz CT molecular complexity index is 1530. The van der Waals surface area contributed by atoms with Gasteiger partial charge in [0, 0.05) is 51.1 Å². The van der Waals surface area contributed by atoms with Crippen LogP contribution in [0.15, 0.2) is 56.6 Å². The molecule has 1 N–H and O–H groups in total. The number of fused-ring (bicyclic) bond motifs is 5. The number of esters is 1. The van der Waals surface area contributed by atoms with Gasteiger partial charge in [-0.1, -0.05) is 6.08 Å². The van der Waals surface area contributed by atoms with Crippen LogP contribution in [-0.2, 0) is 33.4 Å². The van der Waals surface area contributed by atoms with Crippen LogP contribution in [0.4, 0.5) is 0 Å². The number of aliphatic hydroxyl groups excluding tert-OH is 1. The Morgan fingerprint density at radius 2 is 1.68 bits per heavy atom. The molecule has 2 aliphatic carbocycles. The van der Waals surface area contributed by atoms with Crippen molar-refractivity contribution in [1.82, 2.24) is 9.80 Å². The quantitative estimate of drug-likeness (QED) is 0.175. The Morgan fingerprint density at radius 3 is 2.29 bits per heavy atom. The van der Waals surface area contributed by atoms with Crippen LogP contribution in [0.3, 0.4) is 0 Å². The molecule has 0 aromatic rings. The van der Waals surface area contributed by atoms with E-state index in [0.29, 0.717) is 11.1 Å². The first-order valence-electron chi connectivity index (χ1n) is 13.4. The number of methoxy groups -OCH3 is 1. The van der Waals surface area contributed by atoms with Gasteiger partial charge in [0.15, 0.2) is 11.5 Å². The third-order valence-corrected chi connectivity index (χ3v) is 9.16. The Morgan fingerprint density at radius 1 is 1.02 bits per heavy atom. The van der Waals surface area contributed by atoms with Crippen molar-refractivity contribution in [2.75, 3.05) is 20.8 Å². The monoisotopic (exact) mass is 561 g/mol. The molecule has 5 aliphatic rings. The van der Waals surface area contributed by atoms with Gasteiger partial charge in [0.25, 0.3) is 0 Å². The lowest BCUT2D eigenvalue weighted by molar-refractivity contribution is -0.144. The highest BCUT2D eigenvalue weighted by Crippen LogP contribution is 2.49. The fourth-order valence-electron chi connectivity index (χ4n) is 6.93. The molecule has 11 nitrogen and oxygen atoms in total. The third-order valence-electron chi connectivity index (χ3n) is 9.16. The summed E-state index contributed by atoms with van der Waals surface area (Å²) in [4.78, 5) is 69.8. The first-order valence-corrected chi connectivity index (χ1v) is 13.4. The van der Waals surface area contributed by atoms with Crippen LogP contribution in [0.25, 0.3) is 0 Å². The number of likely N-dealkylation sites (N-methyl/N-ethyl adjacent to an activating group) is 1. The van der Waals surface area contributed by atoms with Gasteiger partial charge in [-0.05, 0) is 47.6 Å². The molecule has 5 atom stereocenters. The summed E-state index contributed by atoms with van der Waals surface area (Å²) in [6, 6.07) is -1.59. The van der Waals surface area contributed by atoms with E-state index in [-0.39, 0.29) is 64.6 Å². The summed E-state index contributed by atoms with van der Waals surface area (Å²) in [5.41, 5.74) is 1.21. The maximum absolute atomic E-state index is 13.8. The van der Waals surface area contributed by atoms with Crippen LogP contribution in [-0.4, -0.2) is 95.0 Å². The summed E-state index contributed by atoms with van der Waals surface area (Å²) in [5.74, 6) is -3.46. The molecule has 11 heteroatoms. The van der Waals surface area contributed by atoms with Gasteiger partial charge in [0.2, 0.25) is 17.3 Å². The fraction of sp³-hybridized carbons (Fsp3) is 0.467. The van der Waals surface area contributed by atoms with E-state index in [9.17, 15) is 34.3 Å². The standard InChI is InChI=1S/C30H31N3O8/c1-7-12(2)30(39)41-11-20-21-15(24(34)13(3)26(36)27(21)37)9-18-23-22-16(25(35)14(4)29(40-6)28(22)38)8-17(32(23)5)19(10-31)33(18)20/h7,17-20,23,34H,8-9,11H2,1-6H3. The van der Waals surface area contributed by atoms with Crippen molar-refractivity contribution in [2.45, 2.75) is 70.7 Å². The average molecular weight is 562 g/mol. The molecule has 2 bridgehead atoms. The number of hydrogen-bond donors (Lipinski definition) is 1. The zero-order valence-corrected chi connectivity index (χ0v) is 23.7. The number of Topliss-reactive ketones (excluding diaryl/α,β-unsaturated/α-hetero) is 4. The van der Waals surface area contributed by atoms with Gasteiger partial charge >= 0.3 is 5.97 Å². The van der Waals surface area contributed by atoms with E-state index in [2.05, 4.69) is 6.07 Å². The van der Waals surface area contributed by atoms with Gasteiger partial charge in [-0.15, -0.1) is 0 Å².